The molecular formula is C10H20N2O2S. The molecule has 2 amide bonds. The lowest BCUT2D eigenvalue weighted by Crippen LogP contribution is -2.42. The number of hydrogen-bond acceptors (Lipinski definition) is 3. The van der Waals surface area contributed by atoms with Gasteiger partial charge >= 0.3 is 6.03 Å². The Kier molecular flexibility index (Phi) is 5.25. The van der Waals surface area contributed by atoms with Gasteiger partial charge in [-0.25, -0.2) is 4.79 Å². The van der Waals surface area contributed by atoms with Crippen LogP contribution in [-0.4, -0.2) is 41.3 Å². The van der Waals surface area contributed by atoms with Crippen molar-refractivity contribution in [2.75, 3.05) is 25.4 Å². The minimum absolute atomic E-state index is 0.119. The van der Waals surface area contributed by atoms with Crippen molar-refractivity contribution >= 4 is 17.8 Å². The van der Waals surface area contributed by atoms with Gasteiger partial charge in [-0.2, -0.15) is 11.8 Å². The molecule has 4 nitrogen and oxygen atoms in total. The maximum absolute atomic E-state index is 11.3. The molecule has 0 saturated carbocycles. The molecule has 1 atom stereocenters. The number of carbonyl (C=O) groups excluding carboxylic acids is 1. The minimum atomic E-state index is -0.128. The summed E-state index contributed by atoms with van der Waals surface area (Å²) >= 11 is 1.93. The summed E-state index contributed by atoms with van der Waals surface area (Å²) in [7, 11) is 0. The van der Waals surface area contributed by atoms with Gasteiger partial charge in [0, 0.05) is 24.4 Å². The molecule has 0 aromatic rings. The second kappa shape index (κ2) is 6.23. The summed E-state index contributed by atoms with van der Waals surface area (Å²) < 4.78 is 0.217. The van der Waals surface area contributed by atoms with Crippen molar-refractivity contribution in [3.8, 4) is 0 Å². The Bertz CT molecular complexity index is 206. The molecule has 0 aromatic carbocycles. The molecule has 1 fully saturated rings. The lowest BCUT2D eigenvalue weighted by molar-refractivity contribution is 0.237. The van der Waals surface area contributed by atoms with Gasteiger partial charge < -0.3 is 15.7 Å². The third-order valence-electron chi connectivity index (χ3n) is 2.54. The van der Waals surface area contributed by atoms with Gasteiger partial charge in [0.2, 0.25) is 0 Å². The fraction of sp³-hybridized carbons (Fsp3) is 0.900. The van der Waals surface area contributed by atoms with Crippen LogP contribution in [0.25, 0.3) is 0 Å². The molecule has 1 rings (SSSR count). The predicted octanol–water partition coefficient (Wildman–Crippen LogP) is 0.954. The molecule has 0 aliphatic carbocycles. The lowest BCUT2D eigenvalue weighted by atomic mass is 10.1. The summed E-state index contributed by atoms with van der Waals surface area (Å²) in [5, 5.41) is 14.1. The standard InChI is InChI=1S/C10H20N2O2S/c1-10(4-2-7-15-10)8-12-9(14)11-5-3-6-13/h13H,2-8H2,1H3,(H2,11,12,14). The summed E-state index contributed by atoms with van der Waals surface area (Å²) in [5.41, 5.74) is 0. The molecular weight excluding hydrogens is 212 g/mol. The van der Waals surface area contributed by atoms with Crippen LogP contribution in [0.5, 0.6) is 0 Å². The molecule has 0 bridgehead atoms. The Balaban J connectivity index is 2.10. The van der Waals surface area contributed by atoms with Crippen LogP contribution < -0.4 is 10.6 Å². The van der Waals surface area contributed by atoms with Gasteiger partial charge in [0.1, 0.15) is 0 Å². The highest BCUT2D eigenvalue weighted by molar-refractivity contribution is 8.00. The molecule has 0 aromatic heterocycles. The van der Waals surface area contributed by atoms with E-state index in [4.69, 9.17) is 5.11 Å². The molecule has 88 valence electrons. The maximum atomic E-state index is 11.3. The highest BCUT2D eigenvalue weighted by Crippen LogP contribution is 2.36. The van der Waals surface area contributed by atoms with E-state index in [1.165, 1.54) is 18.6 Å². The van der Waals surface area contributed by atoms with Crippen molar-refractivity contribution in [3.05, 3.63) is 0 Å². The first kappa shape index (κ1) is 12.6. The molecule has 1 aliphatic heterocycles. The van der Waals surface area contributed by atoms with E-state index in [2.05, 4.69) is 17.6 Å². The van der Waals surface area contributed by atoms with Crippen molar-refractivity contribution in [1.29, 1.82) is 0 Å². The Hall–Kier alpha value is -0.420. The van der Waals surface area contributed by atoms with E-state index >= 15 is 0 Å². The van der Waals surface area contributed by atoms with Gasteiger partial charge in [-0.3, -0.25) is 0 Å². The number of aliphatic hydroxyl groups excluding tert-OH is 1. The largest absolute Gasteiger partial charge is 0.396 e. The average Bonchev–Trinajstić information content (AvgIpc) is 2.64. The smallest absolute Gasteiger partial charge is 0.314 e. The number of carbonyl (C=O) groups is 1. The Morgan fingerprint density at radius 2 is 2.33 bits per heavy atom. The molecule has 1 saturated heterocycles. The van der Waals surface area contributed by atoms with E-state index < -0.39 is 0 Å². The average molecular weight is 232 g/mol. The van der Waals surface area contributed by atoms with Crippen molar-refractivity contribution in [2.24, 2.45) is 0 Å². The molecule has 3 N–H and O–H groups in total. The highest BCUT2D eigenvalue weighted by atomic mass is 32.2. The molecule has 0 spiro atoms. The molecule has 5 heteroatoms. The summed E-state index contributed by atoms with van der Waals surface area (Å²) in [6.07, 6.45) is 3.03. The van der Waals surface area contributed by atoms with Gasteiger partial charge in [0.05, 0.1) is 0 Å². The van der Waals surface area contributed by atoms with Gasteiger partial charge in [-0.1, -0.05) is 0 Å². The second-order valence-electron chi connectivity index (χ2n) is 4.09. The SMILES string of the molecule is CC1(CNC(=O)NCCCO)CCCS1. The Morgan fingerprint density at radius 3 is 2.93 bits per heavy atom. The number of aliphatic hydroxyl groups is 1. The predicted molar refractivity (Wildman–Crippen MR) is 63.2 cm³/mol. The molecule has 1 aliphatic rings. The summed E-state index contributed by atoms with van der Waals surface area (Å²) in [6.45, 7) is 3.57. The van der Waals surface area contributed by atoms with Crippen LogP contribution in [0.2, 0.25) is 0 Å². The van der Waals surface area contributed by atoms with E-state index in [1.807, 2.05) is 11.8 Å². The first-order valence-corrected chi connectivity index (χ1v) is 6.41. The van der Waals surface area contributed by atoms with Crippen molar-refractivity contribution in [2.45, 2.75) is 30.9 Å². The number of thioether (sulfide) groups is 1. The van der Waals surface area contributed by atoms with Gasteiger partial charge in [-0.15, -0.1) is 0 Å². The maximum Gasteiger partial charge on any atom is 0.314 e. The van der Waals surface area contributed by atoms with Gasteiger partial charge in [0.25, 0.3) is 0 Å². The number of nitrogens with one attached hydrogen (secondary N) is 2. The Morgan fingerprint density at radius 1 is 1.53 bits per heavy atom. The number of hydrogen-bond donors (Lipinski definition) is 3. The van der Waals surface area contributed by atoms with Crippen LogP contribution in [0.3, 0.4) is 0 Å². The van der Waals surface area contributed by atoms with Crippen molar-refractivity contribution in [3.63, 3.8) is 0 Å². The zero-order chi connectivity index (χ0) is 11.1. The topological polar surface area (TPSA) is 61.4 Å². The van der Waals surface area contributed by atoms with E-state index in [1.54, 1.807) is 0 Å². The molecule has 1 heterocycles. The van der Waals surface area contributed by atoms with Gasteiger partial charge in [-0.05, 0) is 31.9 Å². The number of urea groups is 1. The molecule has 0 radical (unpaired) electrons. The third kappa shape index (κ3) is 4.75. The minimum Gasteiger partial charge on any atom is -0.396 e. The van der Waals surface area contributed by atoms with E-state index in [0.717, 1.165) is 6.54 Å². The number of amides is 2. The van der Waals surface area contributed by atoms with Gasteiger partial charge in [0.15, 0.2) is 0 Å². The summed E-state index contributed by atoms with van der Waals surface area (Å²) in [5.74, 6) is 1.20. The third-order valence-corrected chi connectivity index (χ3v) is 4.08. The van der Waals surface area contributed by atoms with E-state index in [-0.39, 0.29) is 17.4 Å². The fourth-order valence-corrected chi connectivity index (χ4v) is 2.83. The first-order chi connectivity index (χ1) is 7.16. The Labute approximate surface area is 95.2 Å². The van der Waals surface area contributed by atoms with Crippen molar-refractivity contribution in [1.82, 2.24) is 10.6 Å². The van der Waals surface area contributed by atoms with Crippen LogP contribution in [0.1, 0.15) is 26.2 Å². The monoisotopic (exact) mass is 232 g/mol. The summed E-state index contributed by atoms with van der Waals surface area (Å²) in [6, 6.07) is -0.128. The number of rotatable bonds is 5. The van der Waals surface area contributed by atoms with Crippen LogP contribution in [-0.2, 0) is 0 Å². The second-order valence-corrected chi connectivity index (χ2v) is 5.77. The first-order valence-electron chi connectivity index (χ1n) is 5.43. The van der Waals surface area contributed by atoms with E-state index in [0.29, 0.717) is 13.0 Å². The highest BCUT2D eigenvalue weighted by Gasteiger charge is 2.29. The normalized spacial score (nSPS) is 25.2. The van der Waals surface area contributed by atoms with Crippen LogP contribution >= 0.6 is 11.8 Å². The fourth-order valence-electron chi connectivity index (χ4n) is 1.59. The molecule has 15 heavy (non-hydrogen) atoms. The quantitative estimate of drug-likeness (QED) is 0.619. The van der Waals surface area contributed by atoms with Crippen LogP contribution in [0, 0.1) is 0 Å². The lowest BCUT2D eigenvalue weighted by Gasteiger charge is -2.22. The molecule has 1 unspecified atom stereocenters. The zero-order valence-electron chi connectivity index (χ0n) is 9.21. The van der Waals surface area contributed by atoms with Crippen molar-refractivity contribution < 1.29 is 9.90 Å². The van der Waals surface area contributed by atoms with Crippen LogP contribution in [0.15, 0.2) is 0 Å². The van der Waals surface area contributed by atoms with Crippen LogP contribution in [0.4, 0.5) is 4.79 Å². The van der Waals surface area contributed by atoms with E-state index in [9.17, 15) is 4.79 Å². The zero-order valence-corrected chi connectivity index (χ0v) is 10.0. The summed E-state index contributed by atoms with van der Waals surface area (Å²) in [4.78, 5) is 11.3.